The predicted octanol–water partition coefficient (Wildman–Crippen LogP) is 3.86. The van der Waals surface area contributed by atoms with Gasteiger partial charge in [0.1, 0.15) is 11.6 Å². The molecule has 0 aromatic heterocycles. The molecule has 104 valence electrons. The van der Waals surface area contributed by atoms with Crippen LogP contribution in [0.4, 0.5) is 8.78 Å². The van der Waals surface area contributed by atoms with E-state index in [9.17, 15) is 13.9 Å². The van der Waals surface area contributed by atoms with E-state index in [4.69, 9.17) is 0 Å². The van der Waals surface area contributed by atoms with Crippen LogP contribution in [0.1, 0.15) is 32.3 Å². The zero-order valence-electron chi connectivity index (χ0n) is 11.4. The Hall–Kier alpha value is -1.22. The monoisotopic (exact) mass is 266 g/mol. The summed E-state index contributed by atoms with van der Waals surface area (Å²) in [6, 6.07) is 3.53. The van der Waals surface area contributed by atoms with Gasteiger partial charge in [-0.2, -0.15) is 0 Å². The molecule has 0 saturated carbocycles. The summed E-state index contributed by atoms with van der Waals surface area (Å²) < 4.78 is 26.4. The molecule has 2 rings (SSSR count). The number of rotatable bonds is 3. The van der Waals surface area contributed by atoms with Crippen molar-refractivity contribution in [1.82, 2.24) is 0 Å². The minimum atomic E-state index is -0.583. The van der Waals surface area contributed by atoms with Crippen molar-refractivity contribution >= 4 is 0 Å². The highest BCUT2D eigenvalue weighted by atomic mass is 19.1. The lowest BCUT2D eigenvalue weighted by Gasteiger charge is -2.29. The summed E-state index contributed by atoms with van der Waals surface area (Å²) in [5.41, 5.74) is 1.66. The van der Waals surface area contributed by atoms with Gasteiger partial charge in [-0.1, -0.05) is 24.6 Å². The van der Waals surface area contributed by atoms with Crippen LogP contribution in [0.15, 0.2) is 29.8 Å². The van der Waals surface area contributed by atoms with Crippen molar-refractivity contribution in [3.63, 3.8) is 0 Å². The van der Waals surface area contributed by atoms with Gasteiger partial charge < -0.3 is 5.11 Å². The minimum absolute atomic E-state index is 0.157. The molecule has 0 bridgehead atoms. The van der Waals surface area contributed by atoms with Crippen molar-refractivity contribution in [1.29, 1.82) is 0 Å². The minimum Gasteiger partial charge on any atom is -0.392 e. The van der Waals surface area contributed by atoms with E-state index in [1.165, 1.54) is 17.7 Å². The van der Waals surface area contributed by atoms with Gasteiger partial charge in [0, 0.05) is 12.5 Å². The lowest BCUT2D eigenvalue weighted by atomic mass is 9.79. The van der Waals surface area contributed by atoms with Crippen molar-refractivity contribution in [2.24, 2.45) is 11.8 Å². The molecular weight excluding hydrogens is 246 g/mol. The quantitative estimate of drug-likeness (QED) is 0.824. The van der Waals surface area contributed by atoms with E-state index >= 15 is 0 Å². The molecule has 1 aromatic carbocycles. The Labute approximate surface area is 113 Å². The van der Waals surface area contributed by atoms with Gasteiger partial charge in [0.05, 0.1) is 6.10 Å². The van der Waals surface area contributed by atoms with E-state index in [1.54, 1.807) is 0 Å². The van der Waals surface area contributed by atoms with Crippen LogP contribution in [-0.2, 0) is 6.42 Å². The number of hydrogen-bond acceptors (Lipinski definition) is 1. The molecule has 1 aliphatic rings. The van der Waals surface area contributed by atoms with Gasteiger partial charge in [0.2, 0.25) is 0 Å². The van der Waals surface area contributed by atoms with E-state index < -0.39 is 17.7 Å². The average Bonchev–Trinajstić information content (AvgIpc) is 2.31. The largest absolute Gasteiger partial charge is 0.392 e. The highest BCUT2D eigenvalue weighted by Crippen LogP contribution is 2.31. The van der Waals surface area contributed by atoms with Gasteiger partial charge in [-0.05, 0) is 43.2 Å². The Morgan fingerprint density at radius 2 is 2.11 bits per heavy atom. The fourth-order valence-corrected chi connectivity index (χ4v) is 2.97. The van der Waals surface area contributed by atoms with E-state index in [1.807, 2.05) is 0 Å². The number of hydrogen-bond donors (Lipinski definition) is 1. The molecule has 3 atom stereocenters. The Kier molecular flexibility index (Phi) is 4.35. The van der Waals surface area contributed by atoms with Crippen molar-refractivity contribution < 1.29 is 13.9 Å². The summed E-state index contributed by atoms with van der Waals surface area (Å²) in [5, 5.41) is 10.3. The maximum Gasteiger partial charge on any atom is 0.129 e. The van der Waals surface area contributed by atoms with Crippen LogP contribution in [-0.4, -0.2) is 11.2 Å². The smallest absolute Gasteiger partial charge is 0.129 e. The molecule has 0 spiro atoms. The molecule has 1 nitrogen and oxygen atoms in total. The van der Waals surface area contributed by atoms with Gasteiger partial charge in [-0.25, -0.2) is 8.78 Å². The SMILES string of the molecule is CC1=CC(C)CC(C(O)Cc2ccc(F)cc2F)C1. The maximum atomic E-state index is 13.6. The number of benzene rings is 1. The van der Waals surface area contributed by atoms with Crippen LogP contribution in [0.25, 0.3) is 0 Å². The molecule has 3 heteroatoms. The molecule has 1 aromatic rings. The Balaban J connectivity index is 2.05. The third kappa shape index (κ3) is 3.63. The van der Waals surface area contributed by atoms with E-state index in [-0.39, 0.29) is 12.3 Å². The summed E-state index contributed by atoms with van der Waals surface area (Å²) in [6.45, 7) is 4.19. The summed E-state index contributed by atoms with van der Waals surface area (Å²) in [4.78, 5) is 0. The summed E-state index contributed by atoms with van der Waals surface area (Å²) in [6.07, 6.45) is 3.67. The number of halogens is 2. The molecule has 0 fully saturated rings. The van der Waals surface area contributed by atoms with Gasteiger partial charge in [-0.3, -0.25) is 0 Å². The predicted molar refractivity (Wildman–Crippen MR) is 71.7 cm³/mol. The molecule has 1 aliphatic carbocycles. The fourth-order valence-electron chi connectivity index (χ4n) is 2.97. The third-order valence-corrected chi connectivity index (χ3v) is 3.82. The highest BCUT2D eigenvalue weighted by molar-refractivity contribution is 5.20. The molecule has 19 heavy (non-hydrogen) atoms. The normalized spacial score (nSPS) is 25.0. The van der Waals surface area contributed by atoms with Gasteiger partial charge in [0.15, 0.2) is 0 Å². The molecule has 0 heterocycles. The average molecular weight is 266 g/mol. The topological polar surface area (TPSA) is 20.2 Å². The molecular formula is C16H20F2O. The highest BCUT2D eigenvalue weighted by Gasteiger charge is 2.25. The fraction of sp³-hybridized carbons (Fsp3) is 0.500. The molecule has 0 amide bonds. The van der Waals surface area contributed by atoms with Crippen molar-refractivity contribution in [3.05, 3.63) is 47.0 Å². The lowest BCUT2D eigenvalue weighted by Crippen LogP contribution is -2.27. The molecule has 3 unspecified atom stereocenters. The van der Waals surface area contributed by atoms with Gasteiger partial charge in [0.25, 0.3) is 0 Å². The Morgan fingerprint density at radius 3 is 2.74 bits per heavy atom. The maximum absolute atomic E-state index is 13.6. The molecule has 0 aliphatic heterocycles. The summed E-state index contributed by atoms with van der Waals surface area (Å²) in [7, 11) is 0. The second-order valence-corrected chi connectivity index (χ2v) is 5.70. The standard InChI is InChI=1S/C16H20F2O/c1-10-5-11(2)7-13(6-10)16(19)8-12-3-4-14(17)9-15(12)18/h3-5,9-10,13,16,19H,6-8H2,1-2H3. The Morgan fingerprint density at radius 1 is 1.37 bits per heavy atom. The van der Waals surface area contributed by atoms with Crippen molar-refractivity contribution in [2.75, 3.05) is 0 Å². The van der Waals surface area contributed by atoms with Crippen LogP contribution >= 0.6 is 0 Å². The van der Waals surface area contributed by atoms with E-state index in [0.29, 0.717) is 11.5 Å². The summed E-state index contributed by atoms with van der Waals surface area (Å²) >= 11 is 0. The molecule has 1 N–H and O–H groups in total. The van der Waals surface area contributed by atoms with Crippen molar-refractivity contribution in [2.45, 2.75) is 39.2 Å². The zero-order valence-corrected chi connectivity index (χ0v) is 11.4. The van der Waals surface area contributed by atoms with Gasteiger partial charge >= 0.3 is 0 Å². The second kappa shape index (κ2) is 5.83. The number of aliphatic hydroxyl groups is 1. The van der Waals surface area contributed by atoms with Crippen LogP contribution in [0, 0.1) is 23.5 Å². The van der Waals surface area contributed by atoms with Crippen LogP contribution < -0.4 is 0 Å². The first-order valence-electron chi connectivity index (χ1n) is 6.75. The lowest BCUT2D eigenvalue weighted by molar-refractivity contribution is 0.0924. The third-order valence-electron chi connectivity index (χ3n) is 3.82. The first kappa shape index (κ1) is 14.2. The zero-order chi connectivity index (χ0) is 14.0. The van der Waals surface area contributed by atoms with E-state index in [0.717, 1.165) is 18.9 Å². The van der Waals surface area contributed by atoms with Crippen molar-refractivity contribution in [3.8, 4) is 0 Å². The van der Waals surface area contributed by atoms with Crippen LogP contribution in [0.3, 0.4) is 0 Å². The Bertz CT molecular complexity index is 482. The second-order valence-electron chi connectivity index (χ2n) is 5.70. The van der Waals surface area contributed by atoms with E-state index in [2.05, 4.69) is 19.9 Å². The molecule has 0 saturated heterocycles. The van der Waals surface area contributed by atoms with Gasteiger partial charge in [-0.15, -0.1) is 0 Å². The number of aliphatic hydroxyl groups excluding tert-OH is 1. The van der Waals surface area contributed by atoms with Crippen LogP contribution in [0.2, 0.25) is 0 Å². The molecule has 0 radical (unpaired) electrons. The first-order chi connectivity index (χ1) is 8.95. The first-order valence-corrected chi connectivity index (χ1v) is 6.75. The number of allylic oxidation sites excluding steroid dienone is 2. The van der Waals surface area contributed by atoms with Crippen LogP contribution in [0.5, 0.6) is 0 Å². The summed E-state index contributed by atoms with van der Waals surface area (Å²) in [5.74, 6) is -0.549.